The van der Waals surface area contributed by atoms with Crippen molar-refractivity contribution in [1.29, 1.82) is 0 Å². The van der Waals surface area contributed by atoms with Gasteiger partial charge in [-0.3, -0.25) is 14.2 Å². The number of amides is 1. The van der Waals surface area contributed by atoms with E-state index in [0.717, 1.165) is 5.56 Å². The van der Waals surface area contributed by atoms with Crippen LogP contribution >= 0.6 is 0 Å². The fourth-order valence-electron chi connectivity index (χ4n) is 3.31. The molecule has 3 aromatic rings. The molecule has 9 nitrogen and oxygen atoms in total. The van der Waals surface area contributed by atoms with E-state index >= 15 is 0 Å². The Morgan fingerprint density at radius 2 is 1.85 bits per heavy atom. The minimum atomic E-state index is -0.778. The molecule has 9 heteroatoms. The number of carbonyl (C=O) groups excluding carboxylic acids is 3. The van der Waals surface area contributed by atoms with Gasteiger partial charge in [-0.2, -0.15) is 0 Å². The second kappa shape index (κ2) is 13.8. The lowest BCUT2D eigenvalue weighted by Crippen LogP contribution is -2.29. The Balaban J connectivity index is 0.00000129. The van der Waals surface area contributed by atoms with Crippen LogP contribution in [0.5, 0.6) is 0 Å². The number of aryl methyl sites for hydroxylation is 1. The predicted molar refractivity (Wildman–Crippen MR) is 131 cm³/mol. The molecular formula is C25H30N4O5. The first-order chi connectivity index (χ1) is 16.4. The van der Waals surface area contributed by atoms with E-state index in [1.165, 1.54) is 10.6 Å². The molecule has 0 aliphatic carbocycles. The SMILES string of the molecule is CNC.Cc1nc2ccc(NC(=O)COCc3ccccc3)cc2c(=O)n1C(C=O)CCC=O. The third kappa shape index (κ3) is 7.43. The topological polar surface area (TPSA) is 119 Å². The van der Waals surface area contributed by atoms with Crippen LogP contribution in [0, 0.1) is 6.92 Å². The highest BCUT2D eigenvalue weighted by atomic mass is 16.5. The van der Waals surface area contributed by atoms with Crippen LogP contribution < -0.4 is 16.2 Å². The summed E-state index contributed by atoms with van der Waals surface area (Å²) in [5, 5.41) is 5.72. The quantitative estimate of drug-likeness (QED) is 0.440. The number of benzene rings is 2. The lowest BCUT2D eigenvalue weighted by Gasteiger charge is -2.16. The molecule has 0 saturated heterocycles. The van der Waals surface area contributed by atoms with Crippen LogP contribution in [0.25, 0.3) is 10.9 Å². The minimum Gasteiger partial charge on any atom is -0.367 e. The maximum absolute atomic E-state index is 13.0. The van der Waals surface area contributed by atoms with Gasteiger partial charge in [-0.1, -0.05) is 30.3 Å². The van der Waals surface area contributed by atoms with Gasteiger partial charge in [0.2, 0.25) is 5.91 Å². The number of nitrogens with one attached hydrogen (secondary N) is 2. The highest BCUT2D eigenvalue weighted by Crippen LogP contribution is 2.18. The molecular weight excluding hydrogens is 436 g/mol. The minimum absolute atomic E-state index is 0.137. The zero-order chi connectivity index (χ0) is 24.9. The number of carbonyl (C=O) groups is 3. The van der Waals surface area contributed by atoms with Crippen molar-refractivity contribution in [2.24, 2.45) is 0 Å². The summed E-state index contributed by atoms with van der Waals surface area (Å²) >= 11 is 0. The van der Waals surface area contributed by atoms with Crippen molar-refractivity contribution in [3.8, 4) is 0 Å². The Labute approximate surface area is 198 Å². The number of anilines is 1. The molecule has 0 radical (unpaired) electrons. The molecule has 0 bridgehead atoms. The third-order valence-electron chi connectivity index (χ3n) is 4.77. The molecule has 2 aromatic carbocycles. The Kier molecular flexibility index (Phi) is 10.8. The molecule has 2 N–H and O–H groups in total. The van der Waals surface area contributed by atoms with Crippen LogP contribution in [0.4, 0.5) is 5.69 Å². The lowest BCUT2D eigenvalue weighted by molar-refractivity contribution is -0.121. The number of rotatable bonds is 10. The summed E-state index contributed by atoms with van der Waals surface area (Å²) in [6.45, 7) is 1.81. The molecule has 1 heterocycles. The van der Waals surface area contributed by atoms with Gasteiger partial charge in [0.15, 0.2) is 0 Å². The van der Waals surface area contributed by atoms with Crippen LogP contribution in [0.3, 0.4) is 0 Å². The maximum atomic E-state index is 13.0. The van der Waals surface area contributed by atoms with E-state index in [9.17, 15) is 19.2 Å². The average Bonchev–Trinajstić information content (AvgIpc) is 2.83. The molecule has 0 spiro atoms. The zero-order valence-corrected chi connectivity index (χ0v) is 19.6. The molecule has 1 unspecified atom stereocenters. The lowest BCUT2D eigenvalue weighted by atomic mass is 10.1. The van der Waals surface area contributed by atoms with E-state index in [-0.39, 0.29) is 30.7 Å². The normalized spacial score (nSPS) is 11.3. The van der Waals surface area contributed by atoms with Crippen LogP contribution in [-0.4, -0.2) is 48.7 Å². The highest BCUT2D eigenvalue weighted by Gasteiger charge is 2.17. The average molecular weight is 467 g/mol. The van der Waals surface area contributed by atoms with Gasteiger partial charge in [-0.25, -0.2) is 4.98 Å². The van der Waals surface area contributed by atoms with Gasteiger partial charge in [0.1, 0.15) is 25.0 Å². The molecule has 180 valence electrons. The summed E-state index contributed by atoms with van der Waals surface area (Å²) in [4.78, 5) is 51.8. The van der Waals surface area contributed by atoms with Gasteiger partial charge in [-0.05, 0) is 51.2 Å². The fraction of sp³-hybridized carbons (Fsp3) is 0.320. The Hall–Kier alpha value is -3.69. The standard InChI is InChI=1S/C23H23N3O5.C2H7N/c1-16-24-21-10-9-18(25-22(29)15-31-14-17-6-3-2-4-7-17)12-20(21)23(30)26(16)19(13-28)8-5-11-27;1-3-2/h2-4,6-7,9-13,19H,5,8,14-15H2,1H3,(H,25,29);3H,1-2H3. The third-order valence-corrected chi connectivity index (χ3v) is 4.77. The van der Waals surface area contributed by atoms with Gasteiger partial charge in [0, 0.05) is 12.1 Å². The van der Waals surface area contributed by atoms with Crippen molar-refractivity contribution in [2.45, 2.75) is 32.4 Å². The van der Waals surface area contributed by atoms with Gasteiger partial charge >= 0.3 is 0 Å². The highest BCUT2D eigenvalue weighted by molar-refractivity contribution is 5.94. The number of nitrogens with zero attached hydrogens (tertiary/aromatic N) is 2. The van der Waals surface area contributed by atoms with Gasteiger partial charge in [-0.15, -0.1) is 0 Å². The molecule has 1 atom stereocenters. The number of aldehydes is 2. The molecule has 1 amide bonds. The molecule has 1 aromatic heterocycles. The predicted octanol–water partition coefficient (Wildman–Crippen LogP) is 2.41. The van der Waals surface area contributed by atoms with Crippen molar-refractivity contribution in [2.75, 3.05) is 26.0 Å². The fourth-order valence-corrected chi connectivity index (χ4v) is 3.31. The van der Waals surface area contributed by atoms with Crippen molar-refractivity contribution >= 4 is 35.1 Å². The molecule has 34 heavy (non-hydrogen) atoms. The van der Waals surface area contributed by atoms with E-state index in [1.807, 2.05) is 44.4 Å². The first-order valence-electron chi connectivity index (χ1n) is 10.9. The molecule has 0 aliphatic heterocycles. The van der Waals surface area contributed by atoms with E-state index in [4.69, 9.17) is 4.74 Å². The molecule has 3 rings (SSSR count). The first kappa shape index (κ1) is 26.6. The van der Waals surface area contributed by atoms with Crippen LogP contribution in [0.15, 0.2) is 53.3 Å². The van der Waals surface area contributed by atoms with Gasteiger partial charge in [0.05, 0.1) is 23.6 Å². The number of ether oxygens (including phenoxy) is 1. The summed E-state index contributed by atoms with van der Waals surface area (Å²) in [5.41, 5.74) is 1.44. The number of hydrogen-bond acceptors (Lipinski definition) is 7. The van der Waals surface area contributed by atoms with E-state index in [2.05, 4.69) is 15.6 Å². The van der Waals surface area contributed by atoms with E-state index < -0.39 is 11.6 Å². The number of fused-ring (bicyclic) bond motifs is 1. The molecule has 0 saturated carbocycles. The zero-order valence-electron chi connectivity index (χ0n) is 19.6. The second-order valence-electron chi connectivity index (χ2n) is 7.54. The Morgan fingerprint density at radius 1 is 1.15 bits per heavy atom. The second-order valence-corrected chi connectivity index (χ2v) is 7.54. The van der Waals surface area contributed by atoms with Gasteiger partial charge in [0.25, 0.3) is 5.56 Å². The summed E-state index contributed by atoms with van der Waals surface area (Å²) < 4.78 is 6.71. The van der Waals surface area contributed by atoms with Crippen molar-refractivity contribution < 1.29 is 19.1 Å². The monoisotopic (exact) mass is 466 g/mol. The first-order valence-corrected chi connectivity index (χ1v) is 10.9. The summed E-state index contributed by atoms with van der Waals surface area (Å²) in [6.07, 6.45) is 1.72. The molecule has 0 aliphatic rings. The summed E-state index contributed by atoms with van der Waals surface area (Å²) in [5.74, 6) is 0.0269. The maximum Gasteiger partial charge on any atom is 0.262 e. The number of aromatic nitrogens is 2. The number of hydrogen-bond donors (Lipinski definition) is 2. The van der Waals surface area contributed by atoms with Gasteiger partial charge < -0.3 is 25.0 Å². The Morgan fingerprint density at radius 3 is 2.50 bits per heavy atom. The summed E-state index contributed by atoms with van der Waals surface area (Å²) in [7, 11) is 3.75. The molecule has 0 fully saturated rings. The van der Waals surface area contributed by atoms with Crippen LogP contribution in [0.1, 0.15) is 30.3 Å². The van der Waals surface area contributed by atoms with Crippen molar-refractivity contribution in [1.82, 2.24) is 14.9 Å². The Bertz CT molecular complexity index is 1160. The van der Waals surface area contributed by atoms with Crippen LogP contribution in [-0.2, 0) is 25.7 Å². The van der Waals surface area contributed by atoms with Crippen LogP contribution in [0.2, 0.25) is 0 Å². The smallest absolute Gasteiger partial charge is 0.262 e. The largest absolute Gasteiger partial charge is 0.367 e. The summed E-state index contributed by atoms with van der Waals surface area (Å²) in [6, 6.07) is 13.5. The van der Waals surface area contributed by atoms with Crippen molar-refractivity contribution in [3.05, 3.63) is 70.3 Å². The van der Waals surface area contributed by atoms with E-state index in [1.54, 1.807) is 19.1 Å². The van der Waals surface area contributed by atoms with E-state index in [0.29, 0.717) is 36.2 Å². The van der Waals surface area contributed by atoms with Crippen molar-refractivity contribution in [3.63, 3.8) is 0 Å².